The molecule has 6 nitrogen and oxygen atoms in total. The minimum atomic E-state index is -0.406. The molecule has 0 bridgehead atoms. The Morgan fingerprint density at radius 2 is 2.33 bits per heavy atom. The second-order valence-electron chi connectivity index (χ2n) is 5.31. The minimum Gasteiger partial charge on any atom is -0.496 e. The number of nitro benzene ring substituents is 1. The first-order valence-electron chi connectivity index (χ1n) is 7.30. The third-order valence-electron chi connectivity index (χ3n) is 3.80. The first kappa shape index (κ1) is 15.7. The van der Waals surface area contributed by atoms with Gasteiger partial charge in [0.25, 0.3) is 5.69 Å². The van der Waals surface area contributed by atoms with Crippen molar-refractivity contribution in [2.24, 2.45) is 5.92 Å². The molecule has 0 radical (unpaired) electrons. The summed E-state index contributed by atoms with van der Waals surface area (Å²) in [6.45, 7) is 3.18. The largest absolute Gasteiger partial charge is 0.496 e. The van der Waals surface area contributed by atoms with Crippen LogP contribution in [0.15, 0.2) is 18.2 Å². The van der Waals surface area contributed by atoms with Gasteiger partial charge in [-0.15, -0.1) is 0 Å². The summed E-state index contributed by atoms with van der Waals surface area (Å²) in [5, 5.41) is 14.2. The number of rotatable bonds is 7. The van der Waals surface area contributed by atoms with Crippen molar-refractivity contribution >= 4 is 5.69 Å². The van der Waals surface area contributed by atoms with Crippen molar-refractivity contribution in [1.82, 2.24) is 5.32 Å². The molecule has 2 rings (SSSR count). The Morgan fingerprint density at radius 3 is 3.00 bits per heavy atom. The molecule has 116 valence electrons. The second kappa shape index (κ2) is 7.95. The molecule has 1 N–H and O–H groups in total. The molecule has 1 unspecified atom stereocenters. The molecule has 6 heteroatoms. The maximum atomic E-state index is 10.8. The minimum absolute atomic E-state index is 0.0610. The van der Waals surface area contributed by atoms with Crippen LogP contribution in [0.5, 0.6) is 5.75 Å². The fraction of sp³-hybridized carbons (Fsp3) is 0.600. The van der Waals surface area contributed by atoms with Gasteiger partial charge in [0.05, 0.1) is 18.6 Å². The van der Waals surface area contributed by atoms with Crippen molar-refractivity contribution < 1.29 is 14.4 Å². The lowest BCUT2D eigenvalue weighted by atomic mass is 9.97. The lowest BCUT2D eigenvalue weighted by Gasteiger charge is -2.22. The van der Waals surface area contributed by atoms with Crippen molar-refractivity contribution in [3.63, 3.8) is 0 Å². The zero-order valence-electron chi connectivity index (χ0n) is 12.3. The Balaban J connectivity index is 1.83. The number of hydrogen-bond acceptors (Lipinski definition) is 5. The van der Waals surface area contributed by atoms with E-state index in [-0.39, 0.29) is 5.69 Å². The molecule has 0 aliphatic carbocycles. The van der Waals surface area contributed by atoms with Gasteiger partial charge in [-0.1, -0.05) is 0 Å². The maximum Gasteiger partial charge on any atom is 0.270 e. The molecule has 0 aromatic heterocycles. The molecular weight excluding hydrogens is 272 g/mol. The van der Waals surface area contributed by atoms with Crippen LogP contribution in [0.2, 0.25) is 0 Å². The molecule has 1 saturated heterocycles. The van der Waals surface area contributed by atoms with Crippen LogP contribution in [-0.2, 0) is 11.3 Å². The van der Waals surface area contributed by atoms with Gasteiger partial charge < -0.3 is 14.8 Å². The lowest BCUT2D eigenvalue weighted by Crippen LogP contribution is -2.30. The van der Waals surface area contributed by atoms with Gasteiger partial charge in [0.2, 0.25) is 0 Å². The fourth-order valence-corrected chi connectivity index (χ4v) is 2.59. The first-order chi connectivity index (χ1) is 10.2. The van der Waals surface area contributed by atoms with Gasteiger partial charge in [0.1, 0.15) is 5.75 Å². The SMILES string of the molecule is COc1ccc([N+](=O)[O-])cc1COCCC1CCCNC1. The molecule has 0 spiro atoms. The number of non-ortho nitro benzene ring substituents is 1. The molecule has 21 heavy (non-hydrogen) atoms. The number of benzene rings is 1. The first-order valence-corrected chi connectivity index (χ1v) is 7.30. The number of hydrogen-bond donors (Lipinski definition) is 1. The summed E-state index contributed by atoms with van der Waals surface area (Å²) in [5.41, 5.74) is 0.777. The summed E-state index contributed by atoms with van der Waals surface area (Å²) < 4.78 is 10.9. The summed E-state index contributed by atoms with van der Waals surface area (Å²) in [7, 11) is 1.55. The van der Waals surface area contributed by atoms with Crippen LogP contribution in [0.25, 0.3) is 0 Å². The summed E-state index contributed by atoms with van der Waals surface area (Å²) in [5.74, 6) is 1.30. The van der Waals surface area contributed by atoms with Crippen LogP contribution >= 0.6 is 0 Å². The highest BCUT2D eigenvalue weighted by molar-refractivity contribution is 5.43. The number of piperidine rings is 1. The quantitative estimate of drug-likeness (QED) is 0.475. The maximum absolute atomic E-state index is 10.8. The highest BCUT2D eigenvalue weighted by Crippen LogP contribution is 2.25. The van der Waals surface area contributed by atoms with E-state index in [1.807, 2.05) is 0 Å². The number of methoxy groups -OCH3 is 1. The molecule has 1 aromatic carbocycles. The second-order valence-corrected chi connectivity index (χ2v) is 5.31. The zero-order valence-corrected chi connectivity index (χ0v) is 12.3. The van der Waals surface area contributed by atoms with Gasteiger partial charge in [-0.05, 0) is 44.3 Å². The molecule has 1 atom stereocenters. The van der Waals surface area contributed by atoms with Gasteiger partial charge in [-0.2, -0.15) is 0 Å². The van der Waals surface area contributed by atoms with Crippen LogP contribution in [0.4, 0.5) is 5.69 Å². The summed E-state index contributed by atoms with van der Waals surface area (Å²) >= 11 is 0. The third-order valence-corrected chi connectivity index (χ3v) is 3.80. The standard InChI is InChI=1S/C15H22N2O4/c1-20-15-5-4-14(17(18)19)9-13(15)11-21-8-6-12-3-2-7-16-10-12/h4-5,9,12,16H,2-3,6-8,10-11H2,1H3. The Labute approximate surface area is 124 Å². The van der Waals surface area contributed by atoms with Crippen molar-refractivity contribution in [1.29, 1.82) is 0 Å². The fourth-order valence-electron chi connectivity index (χ4n) is 2.59. The summed E-state index contributed by atoms with van der Waals surface area (Å²) in [6, 6.07) is 4.57. The van der Waals surface area contributed by atoms with Gasteiger partial charge in [0, 0.05) is 24.3 Å². The average molecular weight is 294 g/mol. The van der Waals surface area contributed by atoms with Crippen LogP contribution in [-0.4, -0.2) is 31.7 Å². The van der Waals surface area contributed by atoms with E-state index in [9.17, 15) is 10.1 Å². The molecule has 0 saturated carbocycles. The summed E-state index contributed by atoms with van der Waals surface area (Å²) in [4.78, 5) is 10.4. The van der Waals surface area contributed by atoms with Crippen LogP contribution in [0.3, 0.4) is 0 Å². The molecule has 1 aromatic rings. The Hall–Kier alpha value is -1.66. The zero-order chi connectivity index (χ0) is 15.1. The van der Waals surface area contributed by atoms with E-state index in [0.717, 1.165) is 19.5 Å². The van der Waals surface area contributed by atoms with E-state index in [4.69, 9.17) is 9.47 Å². The Kier molecular flexibility index (Phi) is 5.95. The number of ether oxygens (including phenoxy) is 2. The Morgan fingerprint density at radius 1 is 1.48 bits per heavy atom. The predicted octanol–water partition coefficient (Wildman–Crippen LogP) is 2.51. The normalized spacial score (nSPS) is 18.4. The van der Waals surface area contributed by atoms with Crippen LogP contribution < -0.4 is 10.1 Å². The molecule has 1 aliphatic heterocycles. The van der Waals surface area contributed by atoms with E-state index in [1.165, 1.54) is 25.0 Å². The van der Waals surface area contributed by atoms with Crippen molar-refractivity contribution in [3.8, 4) is 5.75 Å². The number of nitro groups is 1. The average Bonchev–Trinajstić information content (AvgIpc) is 2.52. The highest BCUT2D eigenvalue weighted by Gasteiger charge is 2.14. The highest BCUT2D eigenvalue weighted by atomic mass is 16.6. The predicted molar refractivity (Wildman–Crippen MR) is 79.5 cm³/mol. The van der Waals surface area contributed by atoms with Gasteiger partial charge >= 0.3 is 0 Å². The molecule has 1 fully saturated rings. The molecule has 1 heterocycles. The van der Waals surface area contributed by atoms with Gasteiger partial charge in [0.15, 0.2) is 0 Å². The van der Waals surface area contributed by atoms with E-state index < -0.39 is 4.92 Å². The number of nitrogens with zero attached hydrogens (tertiary/aromatic N) is 1. The lowest BCUT2D eigenvalue weighted by molar-refractivity contribution is -0.385. The molecule has 1 aliphatic rings. The monoisotopic (exact) mass is 294 g/mol. The summed E-state index contributed by atoms with van der Waals surface area (Å²) in [6.07, 6.45) is 3.49. The van der Waals surface area contributed by atoms with E-state index in [2.05, 4.69) is 5.32 Å². The topological polar surface area (TPSA) is 73.6 Å². The van der Waals surface area contributed by atoms with Crippen molar-refractivity contribution in [3.05, 3.63) is 33.9 Å². The third kappa shape index (κ3) is 4.68. The Bertz CT molecular complexity index is 473. The van der Waals surface area contributed by atoms with Crippen LogP contribution in [0, 0.1) is 16.0 Å². The number of nitrogens with one attached hydrogen (secondary N) is 1. The molecule has 0 amide bonds. The molecular formula is C15H22N2O4. The van der Waals surface area contributed by atoms with E-state index in [1.54, 1.807) is 13.2 Å². The van der Waals surface area contributed by atoms with E-state index >= 15 is 0 Å². The van der Waals surface area contributed by atoms with E-state index in [0.29, 0.717) is 30.4 Å². The van der Waals surface area contributed by atoms with Crippen LogP contribution in [0.1, 0.15) is 24.8 Å². The van der Waals surface area contributed by atoms with Crippen molar-refractivity contribution in [2.45, 2.75) is 25.9 Å². The smallest absolute Gasteiger partial charge is 0.270 e. The van der Waals surface area contributed by atoms with Gasteiger partial charge in [-0.3, -0.25) is 10.1 Å². The van der Waals surface area contributed by atoms with Gasteiger partial charge in [-0.25, -0.2) is 0 Å². The van der Waals surface area contributed by atoms with Crippen molar-refractivity contribution in [2.75, 3.05) is 26.8 Å².